The molecule has 1 aromatic carbocycles. The van der Waals surface area contributed by atoms with Gasteiger partial charge in [-0.2, -0.15) is 5.10 Å². The van der Waals surface area contributed by atoms with E-state index < -0.39 is 18.0 Å². The molecule has 11 heteroatoms. The zero-order chi connectivity index (χ0) is 23.4. The average Bonchev–Trinajstić information content (AvgIpc) is 3.45. The van der Waals surface area contributed by atoms with Gasteiger partial charge in [0.2, 0.25) is 0 Å². The lowest BCUT2D eigenvalue weighted by Gasteiger charge is -2.11. The first-order chi connectivity index (χ1) is 15.9. The van der Waals surface area contributed by atoms with Crippen LogP contribution in [0.3, 0.4) is 0 Å². The molecule has 0 saturated heterocycles. The van der Waals surface area contributed by atoms with Crippen LogP contribution in [0.4, 0.5) is 10.2 Å². The maximum atomic E-state index is 14.2. The van der Waals surface area contributed by atoms with E-state index in [9.17, 15) is 14.0 Å². The normalized spacial score (nSPS) is 11.7. The number of nitrogens with zero attached hydrogens (tertiary/aromatic N) is 5. The molecule has 0 saturated carbocycles. The van der Waals surface area contributed by atoms with Crippen molar-refractivity contribution in [1.29, 1.82) is 0 Å². The average molecular weight is 450 g/mol. The second-order valence-electron chi connectivity index (χ2n) is 7.05. The third-order valence-corrected chi connectivity index (χ3v) is 4.61. The van der Waals surface area contributed by atoms with Crippen LogP contribution in [0.15, 0.2) is 59.4 Å². The Bertz CT molecular complexity index is 1290. The van der Waals surface area contributed by atoms with Crippen LogP contribution in [0.5, 0.6) is 0 Å². The van der Waals surface area contributed by atoms with Crippen molar-refractivity contribution in [3.63, 3.8) is 0 Å². The summed E-state index contributed by atoms with van der Waals surface area (Å²) < 4.78 is 25.6. The fourth-order valence-electron chi connectivity index (χ4n) is 3.07. The largest absolute Gasteiger partial charge is 0.453 e. The molecule has 1 amide bonds. The predicted molar refractivity (Wildman–Crippen MR) is 114 cm³/mol. The minimum atomic E-state index is -0.986. The van der Waals surface area contributed by atoms with Gasteiger partial charge >= 0.3 is 5.97 Å². The Hall–Kier alpha value is -4.41. The van der Waals surface area contributed by atoms with Gasteiger partial charge in [-0.3, -0.25) is 14.3 Å². The SMILES string of the molecule is CC(=O)O[C@@H](C)C(=O)Nc1ccnc(-c2cc(-c3ccon3)n(Cc3ccccc3F)n2)n1. The van der Waals surface area contributed by atoms with Crippen LogP contribution in [0.25, 0.3) is 22.9 Å². The lowest BCUT2D eigenvalue weighted by Crippen LogP contribution is -2.29. The first-order valence-electron chi connectivity index (χ1n) is 9.94. The highest BCUT2D eigenvalue weighted by Gasteiger charge is 2.19. The Kier molecular flexibility index (Phi) is 6.20. The van der Waals surface area contributed by atoms with Crippen LogP contribution >= 0.6 is 0 Å². The first kappa shape index (κ1) is 21.8. The maximum absolute atomic E-state index is 14.2. The van der Waals surface area contributed by atoms with Gasteiger partial charge in [-0.15, -0.1) is 0 Å². The van der Waals surface area contributed by atoms with Crippen LogP contribution in [-0.4, -0.2) is 42.9 Å². The van der Waals surface area contributed by atoms with Crippen molar-refractivity contribution in [3.8, 4) is 22.9 Å². The molecule has 4 aromatic rings. The standard InChI is InChI=1S/C22H19FN6O4/c1-13(33-14(2)30)22(31)26-20-7-9-24-21(25-20)18-11-19(17-8-10-32-28-17)29(27-18)12-15-5-3-4-6-16(15)23/h3-11,13H,12H2,1-2H3,(H,24,25,26,31)/t13-/m0/s1. The van der Waals surface area contributed by atoms with Gasteiger partial charge in [0, 0.05) is 24.8 Å². The van der Waals surface area contributed by atoms with Crippen molar-refractivity contribution in [2.24, 2.45) is 0 Å². The summed E-state index contributed by atoms with van der Waals surface area (Å²) in [5, 5.41) is 11.1. The summed E-state index contributed by atoms with van der Waals surface area (Å²) in [5.41, 5.74) is 1.90. The van der Waals surface area contributed by atoms with Crippen LogP contribution < -0.4 is 5.32 Å². The highest BCUT2D eigenvalue weighted by atomic mass is 19.1. The number of halogens is 1. The van der Waals surface area contributed by atoms with E-state index in [-0.39, 0.29) is 24.0 Å². The molecule has 3 heterocycles. The number of amides is 1. The summed E-state index contributed by atoms with van der Waals surface area (Å²) in [4.78, 5) is 31.8. The smallest absolute Gasteiger partial charge is 0.303 e. The molecule has 0 unspecified atom stereocenters. The molecule has 168 valence electrons. The number of nitrogens with one attached hydrogen (secondary N) is 1. The molecule has 10 nitrogen and oxygen atoms in total. The lowest BCUT2D eigenvalue weighted by atomic mass is 10.2. The zero-order valence-electron chi connectivity index (χ0n) is 17.7. The third-order valence-electron chi connectivity index (χ3n) is 4.61. The van der Waals surface area contributed by atoms with Gasteiger partial charge < -0.3 is 14.6 Å². The number of esters is 1. The predicted octanol–water partition coefficient (Wildman–Crippen LogP) is 3.07. The van der Waals surface area contributed by atoms with Crippen LogP contribution in [-0.2, 0) is 20.9 Å². The number of rotatable bonds is 7. The Morgan fingerprint density at radius 1 is 1.21 bits per heavy atom. The molecule has 0 fully saturated rings. The highest BCUT2D eigenvalue weighted by molar-refractivity contribution is 5.94. The molecular weight excluding hydrogens is 431 g/mol. The number of ether oxygens (including phenoxy) is 1. The molecule has 0 spiro atoms. The minimum Gasteiger partial charge on any atom is -0.453 e. The fourth-order valence-corrected chi connectivity index (χ4v) is 3.07. The molecule has 1 N–H and O–H groups in total. The van der Waals surface area contributed by atoms with E-state index in [0.717, 1.165) is 0 Å². The van der Waals surface area contributed by atoms with Crippen molar-refractivity contribution in [2.75, 3.05) is 5.32 Å². The van der Waals surface area contributed by atoms with E-state index in [0.29, 0.717) is 22.6 Å². The van der Waals surface area contributed by atoms with Gasteiger partial charge in [0.15, 0.2) is 11.9 Å². The summed E-state index contributed by atoms with van der Waals surface area (Å²) in [6, 6.07) is 11.2. The van der Waals surface area contributed by atoms with E-state index in [1.807, 2.05) is 0 Å². The molecule has 0 aliphatic rings. The van der Waals surface area contributed by atoms with Crippen molar-refractivity contribution < 1.29 is 23.2 Å². The quantitative estimate of drug-likeness (QED) is 0.426. The van der Waals surface area contributed by atoms with E-state index in [1.165, 1.54) is 38.4 Å². The van der Waals surface area contributed by atoms with Crippen molar-refractivity contribution in [3.05, 3.63) is 66.3 Å². The third kappa shape index (κ3) is 5.09. The Balaban J connectivity index is 1.64. The van der Waals surface area contributed by atoms with Gasteiger partial charge in [0.1, 0.15) is 29.3 Å². The Labute approximate surface area is 187 Å². The van der Waals surface area contributed by atoms with Gasteiger partial charge in [0.25, 0.3) is 5.91 Å². The van der Waals surface area contributed by atoms with Crippen LogP contribution in [0.1, 0.15) is 19.4 Å². The van der Waals surface area contributed by atoms with Gasteiger partial charge in [-0.05, 0) is 25.1 Å². The number of benzene rings is 1. The van der Waals surface area contributed by atoms with Crippen LogP contribution in [0.2, 0.25) is 0 Å². The zero-order valence-corrected chi connectivity index (χ0v) is 17.7. The van der Waals surface area contributed by atoms with Crippen LogP contribution in [0, 0.1) is 5.82 Å². The van der Waals surface area contributed by atoms with Gasteiger partial charge in [0.05, 0.1) is 12.2 Å². The van der Waals surface area contributed by atoms with E-state index in [2.05, 4.69) is 25.5 Å². The van der Waals surface area contributed by atoms with Crippen molar-refractivity contribution in [2.45, 2.75) is 26.5 Å². The number of carbonyl (C=O) groups excluding carboxylic acids is 2. The monoisotopic (exact) mass is 450 g/mol. The Morgan fingerprint density at radius 2 is 2.03 bits per heavy atom. The number of hydrogen-bond donors (Lipinski definition) is 1. The summed E-state index contributed by atoms with van der Waals surface area (Å²) in [6.45, 7) is 2.81. The lowest BCUT2D eigenvalue weighted by molar-refractivity contribution is -0.150. The summed E-state index contributed by atoms with van der Waals surface area (Å²) in [6.07, 6.45) is 1.90. The van der Waals surface area contributed by atoms with E-state index >= 15 is 0 Å². The second kappa shape index (κ2) is 9.39. The molecule has 1 atom stereocenters. The number of carbonyl (C=O) groups is 2. The number of aromatic nitrogens is 5. The topological polar surface area (TPSA) is 125 Å². The molecule has 0 aliphatic heterocycles. The van der Waals surface area contributed by atoms with Gasteiger partial charge in [-0.1, -0.05) is 23.4 Å². The Morgan fingerprint density at radius 3 is 2.76 bits per heavy atom. The molecule has 4 rings (SSSR count). The number of hydrogen-bond acceptors (Lipinski definition) is 8. The van der Waals surface area contributed by atoms with Crippen molar-refractivity contribution in [1.82, 2.24) is 24.9 Å². The first-order valence-corrected chi connectivity index (χ1v) is 9.94. The second-order valence-corrected chi connectivity index (χ2v) is 7.05. The van der Waals surface area contributed by atoms with E-state index in [4.69, 9.17) is 9.26 Å². The fraction of sp³-hybridized carbons (Fsp3) is 0.182. The van der Waals surface area contributed by atoms with Gasteiger partial charge in [-0.25, -0.2) is 14.4 Å². The summed E-state index contributed by atoms with van der Waals surface area (Å²) in [7, 11) is 0. The summed E-state index contributed by atoms with van der Waals surface area (Å²) in [5.74, 6) is -1.03. The molecule has 0 bridgehead atoms. The molecule has 33 heavy (non-hydrogen) atoms. The maximum Gasteiger partial charge on any atom is 0.303 e. The van der Waals surface area contributed by atoms with E-state index in [1.54, 1.807) is 35.0 Å². The van der Waals surface area contributed by atoms with Crippen molar-refractivity contribution >= 4 is 17.7 Å². The molecule has 3 aromatic heterocycles. The highest BCUT2D eigenvalue weighted by Crippen LogP contribution is 2.25. The molecule has 0 radical (unpaired) electrons. The number of anilines is 1. The minimum absolute atomic E-state index is 0.144. The summed E-state index contributed by atoms with van der Waals surface area (Å²) >= 11 is 0. The molecular formula is C22H19FN6O4. The molecule has 0 aliphatic carbocycles.